The fourth-order valence-electron chi connectivity index (χ4n) is 2.33. The van der Waals surface area contributed by atoms with Gasteiger partial charge in [0.1, 0.15) is 6.04 Å². The molecule has 0 fully saturated rings. The standard InChI is InChI=1S/C18H20N2O5/c1-20(10-9-16(21)22)18(24)14(12-13-6-3-2-4-7-13)19-17(23)15-8-5-11-25-15/h2-8,11,14H,9-10,12H2,1H3,(H,19,23)(H,21,22). The molecule has 2 amide bonds. The van der Waals surface area contributed by atoms with Crippen LogP contribution in [-0.2, 0) is 16.0 Å². The number of aliphatic carboxylic acids is 1. The van der Waals surface area contributed by atoms with Crippen LogP contribution in [0.5, 0.6) is 0 Å². The summed E-state index contributed by atoms with van der Waals surface area (Å²) < 4.78 is 5.05. The number of carboxylic acids is 1. The Kier molecular flexibility index (Phi) is 6.33. The van der Waals surface area contributed by atoms with E-state index in [2.05, 4.69) is 5.32 Å². The molecule has 1 aromatic carbocycles. The van der Waals surface area contributed by atoms with Crippen LogP contribution in [0.1, 0.15) is 22.5 Å². The molecular formula is C18H20N2O5. The van der Waals surface area contributed by atoms with E-state index in [-0.39, 0.29) is 24.6 Å². The van der Waals surface area contributed by atoms with Crippen LogP contribution in [0.25, 0.3) is 0 Å². The van der Waals surface area contributed by atoms with Crippen molar-refractivity contribution in [2.24, 2.45) is 0 Å². The molecule has 1 aromatic heterocycles. The molecule has 0 aliphatic heterocycles. The van der Waals surface area contributed by atoms with Crippen LogP contribution in [0.2, 0.25) is 0 Å². The normalized spacial score (nSPS) is 11.6. The van der Waals surface area contributed by atoms with Gasteiger partial charge in [0.25, 0.3) is 5.91 Å². The van der Waals surface area contributed by atoms with Gasteiger partial charge in [-0.15, -0.1) is 0 Å². The van der Waals surface area contributed by atoms with Crippen LogP contribution >= 0.6 is 0 Å². The summed E-state index contributed by atoms with van der Waals surface area (Å²) in [5.41, 5.74) is 0.882. The van der Waals surface area contributed by atoms with Crippen LogP contribution < -0.4 is 5.32 Å². The van der Waals surface area contributed by atoms with Gasteiger partial charge < -0.3 is 19.7 Å². The summed E-state index contributed by atoms with van der Waals surface area (Å²) in [6.45, 7) is 0.0656. The van der Waals surface area contributed by atoms with Crippen molar-refractivity contribution in [3.63, 3.8) is 0 Å². The lowest BCUT2D eigenvalue weighted by atomic mass is 10.0. The number of carboxylic acid groups (broad SMARTS) is 1. The second-order valence-electron chi connectivity index (χ2n) is 5.60. The molecule has 0 aliphatic rings. The number of furan rings is 1. The van der Waals surface area contributed by atoms with E-state index < -0.39 is 17.9 Å². The summed E-state index contributed by atoms with van der Waals surface area (Å²) in [4.78, 5) is 36.9. The molecule has 0 saturated carbocycles. The highest BCUT2D eigenvalue weighted by molar-refractivity contribution is 5.95. The lowest BCUT2D eigenvalue weighted by Crippen LogP contribution is -2.49. The monoisotopic (exact) mass is 344 g/mol. The second-order valence-corrected chi connectivity index (χ2v) is 5.60. The van der Waals surface area contributed by atoms with Crippen LogP contribution in [0.4, 0.5) is 0 Å². The maximum Gasteiger partial charge on any atom is 0.305 e. The van der Waals surface area contributed by atoms with Gasteiger partial charge in [0.15, 0.2) is 5.76 Å². The molecule has 132 valence electrons. The van der Waals surface area contributed by atoms with Gasteiger partial charge in [-0.3, -0.25) is 14.4 Å². The van der Waals surface area contributed by atoms with E-state index in [1.807, 2.05) is 30.3 Å². The molecule has 1 heterocycles. The highest BCUT2D eigenvalue weighted by Crippen LogP contribution is 2.08. The highest BCUT2D eigenvalue weighted by Gasteiger charge is 2.25. The van der Waals surface area contributed by atoms with Crippen molar-refractivity contribution in [3.8, 4) is 0 Å². The van der Waals surface area contributed by atoms with E-state index in [4.69, 9.17) is 9.52 Å². The molecule has 0 aliphatic carbocycles. The number of rotatable bonds is 8. The van der Waals surface area contributed by atoms with Gasteiger partial charge in [-0.25, -0.2) is 0 Å². The van der Waals surface area contributed by atoms with Crippen molar-refractivity contribution < 1.29 is 23.9 Å². The number of nitrogens with zero attached hydrogens (tertiary/aromatic N) is 1. The molecule has 2 N–H and O–H groups in total. The number of carbonyl (C=O) groups excluding carboxylic acids is 2. The Bertz CT molecular complexity index is 712. The van der Waals surface area contributed by atoms with Crippen LogP contribution in [0.3, 0.4) is 0 Å². The van der Waals surface area contributed by atoms with Gasteiger partial charge in [0.05, 0.1) is 12.7 Å². The molecule has 25 heavy (non-hydrogen) atoms. The fraction of sp³-hybridized carbons (Fsp3) is 0.278. The number of hydrogen-bond acceptors (Lipinski definition) is 4. The van der Waals surface area contributed by atoms with Gasteiger partial charge in [0, 0.05) is 20.0 Å². The van der Waals surface area contributed by atoms with E-state index >= 15 is 0 Å². The summed E-state index contributed by atoms with van der Waals surface area (Å²) in [7, 11) is 1.52. The Labute approximate surface area is 145 Å². The Morgan fingerprint density at radius 1 is 1.16 bits per heavy atom. The quantitative estimate of drug-likeness (QED) is 0.757. The number of benzene rings is 1. The van der Waals surface area contributed by atoms with Crippen LogP contribution in [-0.4, -0.2) is 47.4 Å². The van der Waals surface area contributed by atoms with E-state index in [1.165, 1.54) is 24.3 Å². The summed E-state index contributed by atoms with van der Waals surface area (Å²) >= 11 is 0. The van der Waals surface area contributed by atoms with Crippen molar-refractivity contribution >= 4 is 17.8 Å². The van der Waals surface area contributed by atoms with E-state index in [0.717, 1.165) is 5.56 Å². The minimum absolute atomic E-state index is 0.0656. The molecule has 1 atom stereocenters. The number of amides is 2. The molecule has 0 saturated heterocycles. The second kappa shape index (κ2) is 8.68. The topological polar surface area (TPSA) is 99.9 Å². The fourth-order valence-corrected chi connectivity index (χ4v) is 2.33. The zero-order valence-electron chi connectivity index (χ0n) is 13.8. The summed E-state index contributed by atoms with van der Waals surface area (Å²) in [6.07, 6.45) is 1.51. The summed E-state index contributed by atoms with van der Waals surface area (Å²) in [6, 6.07) is 11.5. The molecule has 0 radical (unpaired) electrons. The van der Waals surface area contributed by atoms with Crippen LogP contribution in [0, 0.1) is 0 Å². The van der Waals surface area contributed by atoms with Crippen molar-refractivity contribution in [3.05, 3.63) is 60.1 Å². The van der Waals surface area contributed by atoms with Crippen molar-refractivity contribution in [1.82, 2.24) is 10.2 Å². The molecule has 7 heteroatoms. The number of nitrogens with one attached hydrogen (secondary N) is 1. The van der Waals surface area contributed by atoms with Crippen molar-refractivity contribution in [1.29, 1.82) is 0 Å². The third kappa shape index (κ3) is 5.49. The minimum Gasteiger partial charge on any atom is -0.481 e. The largest absolute Gasteiger partial charge is 0.481 e. The Hall–Kier alpha value is -3.09. The molecule has 7 nitrogen and oxygen atoms in total. The average Bonchev–Trinajstić information content (AvgIpc) is 3.14. The molecule has 1 unspecified atom stereocenters. The summed E-state index contributed by atoms with van der Waals surface area (Å²) in [5.74, 6) is -1.73. The zero-order chi connectivity index (χ0) is 18.2. The van der Waals surface area contributed by atoms with E-state index in [1.54, 1.807) is 6.07 Å². The van der Waals surface area contributed by atoms with Crippen LogP contribution in [0.15, 0.2) is 53.1 Å². The molecule has 0 spiro atoms. The molecular weight excluding hydrogens is 324 g/mol. The van der Waals surface area contributed by atoms with Gasteiger partial charge in [-0.2, -0.15) is 0 Å². The van der Waals surface area contributed by atoms with Crippen molar-refractivity contribution in [2.45, 2.75) is 18.9 Å². The first-order valence-corrected chi connectivity index (χ1v) is 7.82. The number of carbonyl (C=O) groups is 3. The molecule has 2 aromatic rings. The highest BCUT2D eigenvalue weighted by atomic mass is 16.4. The van der Waals surface area contributed by atoms with Crippen molar-refractivity contribution in [2.75, 3.05) is 13.6 Å². The SMILES string of the molecule is CN(CCC(=O)O)C(=O)C(Cc1ccccc1)NC(=O)c1ccco1. The first kappa shape index (κ1) is 18.3. The van der Waals surface area contributed by atoms with E-state index in [9.17, 15) is 14.4 Å². The smallest absolute Gasteiger partial charge is 0.305 e. The summed E-state index contributed by atoms with van der Waals surface area (Å²) in [5, 5.41) is 11.4. The van der Waals surface area contributed by atoms with Gasteiger partial charge in [0.2, 0.25) is 5.91 Å². The maximum atomic E-state index is 12.7. The number of likely N-dealkylation sites (N-methyl/N-ethyl adjacent to an activating group) is 1. The van der Waals surface area contributed by atoms with Gasteiger partial charge in [-0.1, -0.05) is 30.3 Å². The third-order valence-corrected chi connectivity index (χ3v) is 3.67. The lowest BCUT2D eigenvalue weighted by Gasteiger charge is -2.24. The third-order valence-electron chi connectivity index (χ3n) is 3.67. The first-order valence-electron chi connectivity index (χ1n) is 7.82. The first-order chi connectivity index (χ1) is 12.0. The maximum absolute atomic E-state index is 12.7. The average molecular weight is 344 g/mol. The number of hydrogen-bond donors (Lipinski definition) is 2. The van der Waals surface area contributed by atoms with E-state index in [0.29, 0.717) is 6.42 Å². The predicted octanol–water partition coefficient (Wildman–Crippen LogP) is 1.55. The Morgan fingerprint density at radius 2 is 1.88 bits per heavy atom. The Balaban J connectivity index is 2.11. The van der Waals surface area contributed by atoms with Gasteiger partial charge in [-0.05, 0) is 17.7 Å². The predicted molar refractivity (Wildman–Crippen MR) is 90.0 cm³/mol. The Morgan fingerprint density at radius 3 is 2.48 bits per heavy atom. The zero-order valence-corrected chi connectivity index (χ0v) is 13.8. The molecule has 2 rings (SSSR count). The van der Waals surface area contributed by atoms with Gasteiger partial charge >= 0.3 is 5.97 Å². The molecule has 0 bridgehead atoms. The lowest BCUT2D eigenvalue weighted by molar-refractivity contribution is -0.138. The minimum atomic E-state index is -0.987.